The molecule has 0 atom stereocenters. The third kappa shape index (κ3) is 4.73. The minimum absolute atomic E-state index is 0.150. The summed E-state index contributed by atoms with van der Waals surface area (Å²) in [6, 6.07) is 9.14. The topological polar surface area (TPSA) is 99.9 Å². The van der Waals surface area contributed by atoms with Gasteiger partial charge >= 0.3 is 0 Å². The minimum atomic E-state index is -0.548. The first-order valence-electron chi connectivity index (χ1n) is 7.51. The Bertz CT molecular complexity index is 825. The molecule has 0 aliphatic rings. The van der Waals surface area contributed by atoms with Crippen molar-refractivity contribution >= 4 is 23.4 Å². The second kappa shape index (κ2) is 8.52. The van der Waals surface area contributed by atoms with E-state index in [-0.39, 0.29) is 11.4 Å². The predicted octanol–water partition coefficient (Wildman–Crippen LogP) is 3.27. The van der Waals surface area contributed by atoms with E-state index in [9.17, 15) is 14.9 Å². The number of nitro groups is 1. The molecule has 0 spiro atoms. The quantitative estimate of drug-likeness (QED) is 0.463. The van der Waals surface area contributed by atoms with Gasteiger partial charge in [0, 0.05) is 24.3 Å². The first-order chi connectivity index (χ1) is 12.5. The number of rotatable bonds is 7. The lowest BCUT2D eigenvalue weighted by Gasteiger charge is -2.08. The van der Waals surface area contributed by atoms with E-state index in [1.807, 2.05) is 0 Å². The average molecular weight is 358 g/mol. The molecule has 0 aliphatic heterocycles. The fourth-order valence-corrected chi connectivity index (χ4v) is 2.18. The average Bonchev–Trinajstić information content (AvgIpc) is 2.65. The zero-order chi connectivity index (χ0) is 19.1. The molecule has 8 heteroatoms. The summed E-state index contributed by atoms with van der Waals surface area (Å²) >= 11 is 0. The van der Waals surface area contributed by atoms with Gasteiger partial charge in [0.05, 0.1) is 31.9 Å². The summed E-state index contributed by atoms with van der Waals surface area (Å²) in [4.78, 5) is 22.5. The van der Waals surface area contributed by atoms with Gasteiger partial charge < -0.3 is 19.5 Å². The van der Waals surface area contributed by atoms with Crippen molar-refractivity contribution < 1.29 is 23.9 Å². The molecule has 0 bridgehead atoms. The molecule has 1 amide bonds. The summed E-state index contributed by atoms with van der Waals surface area (Å²) in [7, 11) is 4.47. The lowest BCUT2D eigenvalue weighted by Crippen LogP contribution is -2.09. The van der Waals surface area contributed by atoms with E-state index in [4.69, 9.17) is 14.2 Å². The molecule has 0 saturated carbocycles. The number of amides is 1. The molecule has 0 fully saturated rings. The predicted molar refractivity (Wildman–Crippen MR) is 96.9 cm³/mol. The standard InChI is InChI=1S/C18H18N2O6/c1-24-14-8-12(9-15(11-14)25-2)4-7-18(21)19-16-10-13(20(22)23)5-6-17(16)26-3/h4-11H,1-3H3,(H,19,21). The number of hydrogen-bond acceptors (Lipinski definition) is 6. The molecule has 0 radical (unpaired) electrons. The number of hydrogen-bond donors (Lipinski definition) is 1. The van der Waals surface area contributed by atoms with Gasteiger partial charge in [-0.25, -0.2) is 0 Å². The Morgan fingerprint density at radius 1 is 1.04 bits per heavy atom. The smallest absolute Gasteiger partial charge is 0.271 e. The van der Waals surface area contributed by atoms with Crippen molar-refractivity contribution in [2.24, 2.45) is 0 Å². The van der Waals surface area contributed by atoms with Crippen LogP contribution in [-0.2, 0) is 4.79 Å². The van der Waals surface area contributed by atoms with Gasteiger partial charge in [-0.3, -0.25) is 14.9 Å². The third-order valence-electron chi connectivity index (χ3n) is 3.45. The second-order valence-corrected chi connectivity index (χ2v) is 5.11. The van der Waals surface area contributed by atoms with Crippen molar-refractivity contribution in [1.29, 1.82) is 0 Å². The van der Waals surface area contributed by atoms with Gasteiger partial charge in [-0.2, -0.15) is 0 Å². The van der Waals surface area contributed by atoms with Crippen molar-refractivity contribution in [2.45, 2.75) is 0 Å². The highest BCUT2D eigenvalue weighted by Gasteiger charge is 2.12. The lowest BCUT2D eigenvalue weighted by molar-refractivity contribution is -0.384. The van der Waals surface area contributed by atoms with Crippen LogP contribution >= 0.6 is 0 Å². The van der Waals surface area contributed by atoms with Crippen LogP contribution in [0, 0.1) is 10.1 Å². The van der Waals surface area contributed by atoms with Crippen LogP contribution in [0.2, 0.25) is 0 Å². The zero-order valence-electron chi connectivity index (χ0n) is 14.5. The maximum atomic E-state index is 12.2. The number of carbonyl (C=O) groups is 1. The highest BCUT2D eigenvalue weighted by Crippen LogP contribution is 2.29. The van der Waals surface area contributed by atoms with Crippen molar-refractivity contribution in [2.75, 3.05) is 26.6 Å². The van der Waals surface area contributed by atoms with Crippen molar-refractivity contribution in [1.82, 2.24) is 0 Å². The summed E-state index contributed by atoms with van der Waals surface area (Å²) in [6.45, 7) is 0. The van der Waals surface area contributed by atoms with Gasteiger partial charge in [0.25, 0.3) is 5.69 Å². The highest BCUT2D eigenvalue weighted by molar-refractivity contribution is 6.03. The Hall–Kier alpha value is -3.55. The third-order valence-corrected chi connectivity index (χ3v) is 3.45. The monoisotopic (exact) mass is 358 g/mol. The van der Waals surface area contributed by atoms with Crippen LogP contribution in [0.15, 0.2) is 42.5 Å². The van der Waals surface area contributed by atoms with E-state index in [0.717, 1.165) is 0 Å². The van der Waals surface area contributed by atoms with Crippen molar-refractivity contribution in [3.05, 3.63) is 58.2 Å². The normalized spacial score (nSPS) is 10.4. The molecule has 0 saturated heterocycles. The Labute approximate surface area is 150 Å². The first-order valence-corrected chi connectivity index (χ1v) is 7.51. The SMILES string of the molecule is COc1cc(C=CC(=O)Nc2cc([N+](=O)[O-])ccc2OC)cc(OC)c1. The number of non-ortho nitro benzene ring substituents is 1. The summed E-state index contributed by atoms with van der Waals surface area (Å²) in [5.41, 5.74) is 0.754. The van der Waals surface area contributed by atoms with Gasteiger partial charge in [0.1, 0.15) is 17.2 Å². The molecular weight excluding hydrogens is 340 g/mol. The van der Waals surface area contributed by atoms with Crippen LogP contribution in [0.5, 0.6) is 17.2 Å². The summed E-state index contributed by atoms with van der Waals surface area (Å²) in [5, 5.41) is 13.5. The van der Waals surface area contributed by atoms with Crippen LogP contribution < -0.4 is 19.5 Å². The number of carbonyl (C=O) groups excluding carboxylic acids is 1. The van der Waals surface area contributed by atoms with Gasteiger partial charge in [0.2, 0.25) is 5.91 Å². The number of nitrogens with one attached hydrogen (secondary N) is 1. The molecular formula is C18H18N2O6. The number of benzene rings is 2. The van der Waals surface area contributed by atoms with E-state index < -0.39 is 10.8 Å². The first kappa shape index (κ1) is 18.8. The van der Waals surface area contributed by atoms with E-state index in [1.165, 1.54) is 45.6 Å². The number of nitrogens with zero attached hydrogens (tertiary/aromatic N) is 1. The van der Waals surface area contributed by atoms with Crippen molar-refractivity contribution in [3.63, 3.8) is 0 Å². The Morgan fingerprint density at radius 2 is 1.69 bits per heavy atom. The fourth-order valence-electron chi connectivity index (χ4n) is 2.18. The van der Waals surface area contributed by atoms with Crippen LogP contribution in [0.25, 0.3) is 6.08 Å². The van der Waals surface area contributed by atoms with E-state index >= 15 is 0 Å². The van der Waals surface area contributed by atoms with Crippen LogP contribution in [0.4, 0.5) is 11.4 Å². The van der Waals surface area contributed by atoms with Gasteiger partial charge in [0.15, 0.2) is 0 Å². The van der Waals surface area contributed by atoms with Gasteiger partial charge in [-0.05, 0) is 29.8 Å². The van der Waals surface area contributed by atoms with E-state index in [2.05, 4.69) is 5.32 Å². The number of methoxy groups -OCH3 is 3. The van der Waals surface area contributed by atoms with E-state index in [1.54, 1.807) is 24.3 Å². The van der Waals surface area contributed by atoms with E-state index in [0.29, 0.717) is 22.8 Å². The number of ether oxygens (including phenoxy) is 3. The van der Waals surface area contributed by atoms with Crippen LogP contribution in [0.1, 0.15) is 5.56 Å². The minimum Gasteiger partial charge on any atom is -0.497 e. The molecule has 1 N–H and O–H groups in total. The maximum absolute atomic E-state index is 12.2. The van der Waals surface area contributed by atoms with Crippen molar-refractivity contribution in [3.8, 4) is 17.2 Å². The van der Waals surface area contributed by atoms with Gasteiger partial charge in [-0.1, -0.05) is 0 Å². The molecule has 0 aliphatic carbocycles. The molecule has 2 rings (SSSR count). The molecule has 136 valence electrons. The number of anilines is 1. The van der Waals surface area contributed by atoms with Crippen LogP contribution in [0.3, 0.4) is 0 Å². The second-order valence-electron chi connectivity index (χ2n) is 5.11. The Morgan fingerprint density at radius 3 is 2.23 bits per heavy atom. The fraction of sp³-hybridized carbons (Fsp3) is 0.167. The summed E-state index contributed by atoms with van der Waals surface area (Å²) in [5.74, 6) is 1.03. The van der Waals surface area contributed by atoms with Gasteiger partial charge in [-0.15, -0.1) is 0 Å². The summed E-state index contributed by atoms with van der Waals surface area (Å²) in [6.07, 6.45) is 2.87. The molecule has 0 heterocycles. The molecule has 0 aromatic heterocycles. The number of nitro benzene ring substituents is 1. The lowest BCUT2D eigenvalue weighted by atomic mass is 10.2. The molecule has 2 aromatic carbocycles. The Kier molecular flexibility index (Phi) is 6.15. The highest BCUT2D eigenvalue weighted by atomic mass is 16.6. The molecule has 26 heavy (non-hydrogen) atoms. The zero-order valence-corrected chi connectivity index (χ0v) is 14.5. The maximum Gasteiger partial charge on any atom is 0.271 e. The molecule has 2 aromatic rings. The Balaban J connectivity index is 2.19. The molecule has 0 unspecified atom stereocenters. The van der Waals surface area contributed by atoms with Crippen LogP contribution in [-0.4, -0.2) is 32.2 Å². The largest absolute Gasteiger partial charge is 0.497 e. The molecule has 8 nitrogen and oxygen atoms in total. The summed E-state index contributed by atoms with van der Waals surface area (Å²) < 4.78 is 15.5.